The summed E-state index contributed by atoms with van der Waals surface area (Å²) in [6.07, 6.45) is 0. The molecule has 4 nitrogen and oxygen atoms in total. The van der Waals surface area contributed by atoms with Crippen molar-refractivity contribution in [2.45, 2.75) is 79.1 Å². The molecule has 0 bridgehead atoms. The van der Waals surface area contributed by atoms with E-state index in [1.165, 1.54) is 22.3 Å². The fraction of sp³-hybridized carbons (Fsp3) is 0.194. The van der Waals surface area contributed by atoms with Gasteiger partial charge >= 0.3 is 0 Å². The van der Waals surface area contributed by atoms with Crippen LogP contribution in [0.25, 0.3) is 65.4 Å². The van der Waals surface area contributed by atoms with Crippen molar-refractivity contribution in [3.05, 3.63) is 192 Å². The van der Waals surface area contributed by atoms with Crippen LogP contribution in [0, 0.1) is 0 Å². The van der Waals surface area contributed by atoms with Gasteiger partial charge in [-0.05, 0) is 166 Å². The molecule has 66 heavy (non-hydrogen) atoms. The summed E-state index contributed by atoms with van der Waals surface area (Å²) in [5, 5.41) is 8.63. The molecule has 2 aromatic heterocycles. The van der Waals surface area contributed by atoms with Gasteiger partial charge in [0.25, 0.3) is 0 Å². The Morgan fingerprint density at radius 3 is 0.788 bits per heavy atom. The third-order valence-electron chi connectivity index (χ3n) is 13.8. The number of rotatable bonds is 10. The van der Waals surface area contributed by atoms with Gasteiger partial charge in [-0.25, -0.2) is 0 Å². The number of anilines is 6. The topological polar surface area (TPSA) is 32.8 Å². The van der Waals surface area contributed by atoms with Crippen molar-refractivity contribution in [1.82, 2.24) is 0 Å². The molecule has 2 heterocycles. The van der Waals surface area contributed by atoms with Crippen molar-refractivity contribution in [3.63, 3.8) is 0 Å². The van der Waals surface area contributed by atoms with Crippen molar-refractivity contribution in [2.24, 2.45) is 0 Å². The van der Waals surface area contributed by atoms with Gasteiger partial charge in [0.05, 0.1) is 0 Å². The summed E-state index contributed by atoms with van der Waals surface area (Å²) >= 11 is 0. The summed E-state index contributed by atoms with van der Waals surface area (Å²) < 4.78 is 13.9. The Morgan fingerprint density at radius 2 is 0.500 bits per heavy atom. The molecular weight excluding hydrogens is 805 g/mol. The Bertz CT molecular complexity index is 3230. The maximum Gasteiger partial charge on any atom is 0.178 e. The zero-order chi connectivity index (χ0) is 45.4. The van der Waals surface area contributed by atoms with Gasteiger partial charge in [-0.15, -0.1) is 0 Å². The fourth-order valence-electron chi connectivity index (χ4n) is 9.82. The standard InChI is InChI=1S/C62H56N2O2/c1-37(2)41-9-19-47(20-10-41)63(48-21-11-42(12-22-48)38(3)4)51-27-31-53-45(35-51)17-29-55-57-33-34-58-56-30-18-46-36-52(28-32-54(46)60(56)66-62(58)61(57)65-59(53)55)64(49-23-13-43(14-24-49)39(5)6)50-25-15-44(16-26-50)40(7)8/h9-40H,1-8H3. The highest BCUT2D eigenvalue weighted by atomic mass is 16.4. The van der Waals surface area contributed by atoms with E-state index >= 15 is 0 Å². The Balaban J connectivity index is 1.00. The zero-order valence-electron chi connectivity index (χ0n) is 39.2. The van der Waals surface area contributed by atoms with Crippen molar-refractivity contribution in [3.8, 4) is 0 Å². The summed E-state index contributed by atoms with van der Waals surface area (Å²) in [5.74, 6) is 1.86. The number of hydrogen-bond acceptors (Lipinski definition) is 4. The molecule has 0 N–H and O–H groups in total. The second kappa shape index (κ2) is 16.3. The van der Waals surface area contributed by atoms with E-state index in [1.807, 2.05) is 0 Å². The van der Waals surface area contributed by atoms with Gasteiger partial charge in [-0.1, -0.05) is 116 Å². The van der Waals surface area contributed by atoms with E-state index in [-0.39, 0.29) is 0 Å². The number of nitrogens with zero attached hydrogens (tertiary/aromatic N) is 2. The van der Waals surface area contributed by atoms with E-state index in [0.29, 0.717) is 23.7 Å². The second-order valence-electron chi connectivity index (χ2n) is 19.4. The normalized spacial score (nSPS) is 12.2. The van der Waals surface area contributed by atoms with Crippen molar-refractivity contribution >= 4 is 99.5 Å². The number of furan rings is 2. The first kappa shape index (κ1) is 41.4. The summed E-state index contributed by atoms with van der Waals surface area (Å²) in [5.41, 5.74) is 15.3. The minimum Gasteiger partial charge on any atom is -0.451 e. The van der Waals surface area contributed by atoms with Gasteiger partial charge in [-0.2, -0.15) is 0 Å². The van der Waals surface area contributed by atoms with E-state index in [1.54, 1.807) is 0 Å². The lowest BCUT2D eigenvalue weighted by molar-refractivity contribution is 0.637. The van der Waals surface area contributed by atoms with Crippen LogP contribution in [-0.2, 0) is 0 Å². The molecule has 0 saturated heterocycles. The molecule has 9 aromatic carbocycles. The summed E-state index contributed by atoms with van der Waals surface area (Å²) in [6, 6.07) is 62.7. The number of benzene rings is 9. The second-order valence-corrected chi connectivity index (χ2v) is 19.4. The predicted octanol–water partition coefficient (Wildman–Crippen LogP) is 19.2. The van der Waals surface area contributed by atoms with Gasteiger partial charge in [-0.3, -0.25) is 0 Å². The third kappa shape index (κ3) is 7.07. The van der Waals surface area contributed by atoms with Crippen LogP contribution in [0.2, 0.25) is 0 Å². The van der Waals surface area contributed by atoms with Crippen LogP contribution >= 0.6 is 0 Å². The van der Waals surface area contributed by atoms with Crippen LogP contribution in [0.3, 0.4) is 0 Å². The molecule has 0 fully saturated rings. The smallest absolute Gasteiger partial charge is 0.178 e. The Kier molecular flexibility index (Phi) is 10.2. The fourth-order valence-corrected chi connectivity index (χ4v) is 9.82. The average Bonchev–Trinajstić information content (AvgIpc) is 3.92. The maximum absolute atomic E-state index is 6.94. The Hall–Kier alpha value is -7.30. The van der Waals surface area contributed by atoms with Crippen molar-refractivity contribution in [1.29, 1.82) is 0 Å². The molecule has 11 rings (SSSR count). The molecule has 0 spiro atoms. The lowest BCUT2D eigenvalue weighted by Crippen LogP contribution is -2.10. The highest BCUT2D eigenvalue weighted by Crippen LogP contribution is 2.45. The molecule has 0 aliphatic rings. The van der Waals surface area contributed by atoms with Gasteiger partial charge in [0.2, 0.25) is 0 Å². The van der Waals surface area contributed by atoms with Crippen LogP contribution < -0.4 is 9.80 Å². The molecule has 0 amide bonds. The minimum atomic E-state index is 0.465. The van der Waals surface area contributed by atoms with Crippen LogP contribution in [0.5, 0.6) is 0 Å². The molecule has 0 aliphatic heterocycles. The van der Waals surface area contributed by atoms with Gasteiger partial charge < -0.3 is 18.6 Å². The largest absolute Gasteiger partial charge is 0.451 e. The quantitative estimate of drug-likeness (QED) is 0.137. The summed E-state index contributed by atoms with van der Waals surface area (Å²) in [4.78, 5) is 4.71. The highest BCUT2D eigenvalue weighted by Gasteiger charge is 2.21. The maximum atomic E-state index is 6.94. The van der Waals surface area contributed by atoms with Crippen LogP contribution in [0.15, 0.2) is 179 Å². The van der Waals surface area contributed by atoms with Crippen molar-refractivity contribution < 1.29 is 8.83 Å². The summed E-state index contributed by atoms with van der Waals surface area (Å²) in [6.45, 7) is 17.9. The highest BCUT2D eigenvalue weighted by molar-refractivity contribution is 6.24. The number of hydrogen-bond donors (Lipinski definition) is 0. The minimum absolute atomic E-state index is 0.465. The SMILES string of the molecule is CC(C)c1ccc(N(c2ccc(C(C)C)cc2)c2ccc3c(ccc4c5ccc6c7ccc8cc(N(c9ccc(C(C)C)cc9)c9ccc(C(C)C)cc9)ccc8c7oc6c5oc34)c2)cc1. The van der Waals surface area contributed by atoms with Crippen LogP contribution in [-0.4, -0.2) is 0 Å². The molecule has 0 aliphatic carbocycles. The van der Waals surface area contributed by atoms with Crippen molar-refractivity contribution in [2.75, 3.05) is 9.80 Å². The first-order chi connectivity index (χ1) is 32.0. The molecule has 0 saturated carbocycles. The van der Waals surface area contributed by atoms with E-state index in [0.717, 1.165) is 99.5 Å². The van der Waals surface area contributed by atoms with Gasteiger partial charge in [0.1, 0.15) is 11.2 Å². The first-order valence-electron chi connectivity index (χ1n) is 23.7. The van der Waals surface area contributed by atoms with E-state index in [4.69, 9.17) is 8.83 Å². The van der Waals surface area contributed by atoms with Crippen LogP contribution in [0.1, 0.15) is 101 Å². The van der Waals surface area contributed by atoms with E-state index < -0.39 is 0 Å². The van der Waals surface area contributed by atoms with Gasteiger partial charge in [0.15, 0.2) is 11.2 Å². The number of fused-ring (bicyclic) bond motifs is 11. The van der Waals surface area contributed by atoms with Crippen LogP contribution in [0.4, 0.5) is 34.1 Å². The lowest BCUT2D eigenvalue weighted by atomic mass is 10.0. The summed E-state index contributed by atoms with van der Waals surface area (Å²) in [7, 11) is 0. The molecule has 0 unspecified atom stereocenters. The Labute approximate surface area is 387 Å². The molecular formula is C62H56N2O2. The predicted molar refractivity (Wildman–Crippen MR) is 282 cm³/mol. The molecule has 0 atom stereocenters. The average molecular weight is 861 g/mol. The first-order valence-corrected chi connectivity index (χ1v) is 23.7. The zero-order valence-corrected chi connectivity index (χ0v) is 39.2. The molecule has 326 valence electrons. The molecule has 0 radical (unpaired) electrons. The van der Waals surface area contributed by atoms with E-state index in [9.17, 15) is 0 Å². The Morgan fingerprint density at radius 1 is 0.258 bits per heavy atom. The monoisotopic (exact) mass is 860 g/mol. The third-order valence-corrected chi connectivity index (χ3v) is 13.8. The lowest BCUT2D eigenvalue weighted by Gasteiger charge is -2.26. The molecule has 11 aromatic rings. The van der Waals surface area contributed by atoms with Gasteiger partial charge in [0, 0.05) is 66.4 Å². The molecule has 4 heteroatoms. The van der Waals surface area contributed by atoms with E-state index in [2.05, 4.69) is 235 Å².